The van der Waals surface area contributed by atoms with Gasteiger partial charge in [-0.25, -0.2) is 4.79 Å². The molecule has 0 radical (unpaired) electrons. The Balaban J connectivity index is 3.06. The van der Waals surface area contributed by atoms with E-state index in [1.54, 1.807) is 6.07 Å². The molecule has 4 nitrogen and oxygen atoms in total. The number of rotatable bonds is 3. The fourth-order valence-corrected chi connectivity index (χ4v) is 1.65. The first-order valence-electron chi connectivity index (χ1n) is 3.86. The topological polar surface area (TPSA) is 87.2 Å². The van der Waals surface area contributed by atoms with Gasteiger partial charge in [0.15, 0.2) is 0 Å². The number of nitrogens with two attached hydrogens (primary N) is 1. The third-order valence-corrected chi connectivity index (χ3v) is 2.68. The van der Waals surface area contributed by atoms with Crippen LogP contribution in [0, 0.1) is 5.41 Å². The monoisotopic (exact) mass is 210 g/mol. The Kier molecular flexibility index (Phi) is 3.03. The van der Waals surface area contributed by atoms with Crippen molar-refractivity contribution in [3.05, 3.63) is 28.0 Å². The van der Waals surface area contributed by atoms with E-state index in [2.05, 4.69) is 0 Å². The van der Waals surface area contributed by atoms with Gasteiger partial charge in [-0.15, -0.1) is 11.3 Å². The number of nitrogens with one attached hydrogen (secondary N) is 1. The normalized spacial score (nSPS) is 12.1. The maximum atomic E-state index is 10.5. The molecular formula is C9H10N2O2S. The Bertz CT molecular complexity index is 393. The van der Waals surface area contributed by atoms with Gasteiger partial charge in [-0.05, 0) is 18.4 Å². The first-order chi connectivity index (χ1) is 6.54. The first-order valence-corrected chi connectivity index (χ1v) is 4.74. The van der Waals surface area contributed by atoms with Crippen molar-refractivity contribution in [3.8, 4) is 0 Å². The highest BCUT2D eigenvalue weighted by atomic mass is 32.1. The van der Waals surface area contributed by atoms with Crippen LogP contribution in [0.1, 0.15) is 11.8 Å². The Morgan fingerprint density at radius 1 is 1.64 bits per heavy atom. The molecule has 0 aliphatic carbocycles. The van der Waals surface area contributed by atoms with E-state index in [0.29, 0.717) is 11.3 Å². The maximum Gasteiger partial charge on any atom is 0.354 e. The molecule has 0 bridgehead atoms. The fraction of sp³-hybridized carbons (Fsp3) is 0.111. The second-order valence-corrected chi connectivity index (χ2v) is 3.64. The van der Waals surface area contributed by atoms with Crippen LogP contribution in [0.4, 0.5) is 0 Å². The zero-order chi connectivity index (χ0) is 10.7. The van der Waals surface area contributed by atoms with Crippen LogP contribution in [0.25, 0.3) is 5.70 Å². The molecule has 0 unspecified atom stereocenters. The predicted octanol–water partition coefficient (Wildman–Crippen LogP) is 1.54. The summed E-state index contributed by atoms with van der Waals surface area (Å²) in [5.41, 5.74) is 5.89. The van der Waals surface area contributed by atoms with Crippen molar-refractivity contribution in [2.24, 2.45) is 5.73 Å². The average Bonchev–Trinajstić information content (AvgIpc) is 2.67. The lowest BCUT2D eigenvalue weighted by molar-refractivity contribution is -0.129. The smallest absolute Gasteiger partial charge is 0.354 e. The molecule has 1 rings (SSSR count). The van der Waals surface area contributed by atoms with Gasteiger partial charge in [-0.2, -0.15) is 0 Å². The van der Waals surface area contributed by atoms with Crippen LogP contribution in [0.5, 0.6) is 0 Å². The SMILES string of the molecule is CC(C(=N)C(=O)O)=C(N)c1cccs1. The lowest BCUT2D eigenvalue weighted by Gasteiger charge is -2.03. The van der Waals surface area contributed by atoms with Gasteiger partial charge in [0, 0.05) is 5.57 Å². The van der Waals surface area contributed by atoms with Crippen molar-refractivity contribution in [2.75, 3.05) is 0 Å². The molecule has 5 heteroatoms. The van der Waals surface area contributed by atoms with Crippen molar-refractivity contribution in [2.45, 2.75) is 6.92 Å². The predicted molar refractivity (Wildman–Crippen MR) is 56.5 cm³/mol. The molecule has 1 heterocycles. The number of aliphatic carboxylic acids is 1. The number of carbonyl (C=O) groups is 1. The summed E-state index contributed by atoms with van der Waals surface area (Å²) in [5, 5.41) is 17.7. The van der Waals surface area contributed by atoms with E-state index in [1.807, 2.05) is 11.4 Å². The largest absolute Gasteiger partial charge is 0.477 e. The highest BCUT2D eigenvalue weighted by molar-refractivity contribution is 7.11. The third-order valence-electron chi connectivity index (χ3n) is 1.78. The molecule has 4 N–H and O–H groups in total. The van der Waals surface area contributed by atoms with Gasteiger partial charge in [-0.3, -0.25) is 5.41 Å². The number of carboxylic acid groups (broad SMARTS) is 1. The van der Waals surface area contributed by atoms with Crippen molar-refractivity contribution >= 4 is 28.7 Å². The molecule has 0 amide bonds. The zero-order valence-corrected chi connectivity index (χ0v) is 8.39. The highest BCUT2D eigenvalue weighted by Gasteiger charge is 2.13. The molecule has 14 heavy (non-hydrogen) atoms. The van der Waals surface area contributed by atoms with E-state index in [9.17, 15) is 4.79 Å². The molecule has 0 saturated carbocycles. The first kappa shape index (κ1) is 10.5. The zero-order valence-electron chi connectivity index (χ0n) is 7.57. The molecule has 0 aromatic carbocycles. The van der Waals surface area contributed by atoms with E-state index >= 15 is 0 Å². The van der Waals surface area contributed by atoms with Gasteiger partial charge in [-0.1, -0.05) is 6.07 Å². The van der Waals surface area contributed by atoms with Crippen LogP contribution < -0.4 is 5.73 Å². The minimum absolute atomic E-state index is 0.292. The summed E-state index contributed by atoms with van der Waals surface area (Å²) in [4.78, 5) is 11.3. The van der Waals surface area contributed by atoms with Gasteiger partial charge >= 0.3 is 5.97 Å². The van der Waals surface area contributed by atoms with Gasteiger partial charge < -0.3 is 10.8 Å². The summed E-state index contributed by atoms with van der Waals surface area (Å²) in [5.74, 6) is -1.26. The van der Waals surface area contributed by atoms with Crippen molar-refractivity contribution in [1.82, 2.24) is 0 Å². The van der Waals surface area contributed by atoms with Gasteiger partial charge in [0.05, 0.1) is 10.6 Å². The summed E-state index contributed by atoms with van der Waals surface area (Å²) < 4.78 is 0. The van der Waals surface area contributed by atoms with E-state index < -0.39 is 11.7 Å². The second kappa shape index (κ2) is 4.06. The minimum atomic E-state index is -1.26. The average molecular weight is 210 g/mol. The highest BCUT2D eigenvalue weighted by Crippen LogP contribution is 2.19. The molecule has 0 aliphatic rings. The van der Waals surface area contributed by atoms with Crippen LogP contribution in [0.3, 0.4) is 0 Å². The molecule has 0 aliphatic heterocycles. The molecule has 74 valence electrons. The molecule has 0 saturated heterocycles. The van der Waals surface area contributed by atoms with E-state index in [4.69, 9.17) is 16.2 Å². The second-order valence-electron chi connectivity index (χ2n) is 2.70. The number of hydrogen-bond acceptors (Lipinski definition) is 4. The molecule has 0 spiro atoms. The lowest BCUT2D eigenvalue weighted by atomic mass is 10.1. The van der Waals surface area contributed by atoms with E-state index in [1.165, 1.54) is 18.3 Å². The third kappa shape index (κ3) is 2.00. The van der Waals surface area contributed by atoms with E-state index in [0.717, 1.165) is 4.88 Å². The van der Waals surface area contributed by atoms with Crippen LogP contribution in [-0.4, -0.2) is 16.8 Å². The standard InChI is InChI=1S/C9H10N2O2S/c1-5(8(11)9(12)13)7(10)6-3-2-4-14-6/h2-4,11H,10H2,1H3,(H,12,13). The summed E-state index contributed by atoms with van der Waals surface area (Å²) in [6.45, 7) is 1.53. The molecular weight excluding hydrogens is 200 g/mol. The van der Waals surface area contributed by atoms with Crippen LogP contribution in [0.15, 0.2) is 23.1 Å². The van der Waals surface area contributed by atoms with Crippen LogP contribution in [0.2, 0.25) is 0 Å². The fourth-order valence-electron chi connectivity index (χ4n) is 0.912. The Morgan fingerprint density at radius 3 is 2.71 bits per heavy atom. The van der Waals surface area contributed by atoms with Gasteiger partial charge in [0.1, 0.15) is 5.71 Å². The van der Waals surface area contributed by atoms with Crippen LogP contribution in [-0.2, 0) is 4.79 Å². The number of hydrogen-bond donors (Lipinski definition) is 3. The Morgan fingerprint density at radius 2 is 2.29 bits per heavy atom. The summed E-state index contributed by atoms with van der Waals surface area (Å²) >= 11 is 1.42. The Labute approximate surface area is 85.2 Å². The van der Waals surface area contributed by atoms with Gasteiger partial charge in [0.25, 0.3) is 0 Å². The molecule has 1 aromatic heterocycles. The molecule has 0 atom stereocenters. The summed E-state index contributed by atoms with van der Waals surface area (Å²) in [6, 6.07) is 3.61. The van der Waals surface area contributed by atoms with Crippen molar-refractivity contribution in [1.29, 1.82) is 5.41 Å². The number of thiophene rings is 1. The van der Waals surface area contributed by atoms with Crippen LogP contribution >= 0.6 is 11.3 Å². The lowest BCUT2D eigenvalue weighted by Crippen LogP contribution is -2.15. The summed E-state index contributed by atoms with van der Waals surface area (Å²) in [6.07, 6.45) is 0. The van der Waals surface area contributed by atoms with Gasteiger partial charge in [0.2, 0.25) is 0 Å². The van der Waals surface area contributed by atoms with Crippen molar-refractivity contribution < 1.29 is 9.90 Å². The summed E-state index contributed by atoms with van der Waals surface area (Å²) in [7, 11) is 0. The Hall–Kier alpha value is -1.62. The quantitative estimate of drug-likeness (QED) is 0.661. The maximum absolute atomic E-state index is 10.5. The minimum Gasteiger partial charge on any atom is -0.477 e. The van der Waals surface area contributed by atoms with E-state index in [-0.39, 0.29) is 0 Å². The van der Waals surface area contributed by atoms with Crippen molar-refractivity contribution in [3.63, 3.8) is 0 Å². The molecule has 0 fully saturated rings. The number of carboxylic acids is 1. The molecule has 1 aromatic rings.